The molecule has 0 bridgehead atoms. The lowest BCUT2D eigenvalue weighted by Crippen LogP contribution is -2.02. The van der Waals surface area contributed by atoms with E-state index in [2.05, 4.69) is 29.8 Å². The minimum atomic E-state index is 0.615. The molecular formula is C13H13N3S. The summed E-state index contributed by atoms with van der Waals surface area (Å²) in [6.45, 7) is 2.82. The molecule has 1 aromatic heterocycles. The number of aryl methyl sites for hydroxylation is 1. The van der Waals surface area contributed by atoms with Gasteiger partial charge in [-0.05, 0) is 42.1 Å². The van der Waals surface area contributed by atoms with Gasteiger partial charge in [0, 0.05) is 11.4 Å². The van der Waals surface area contributed by atoms with Crippen LogP contribution in [-0.2, 0) is 6.54 Å². The topological polar surface area (TPSA) is 61.8 Å². The second-order valence-corrected chi connectivity index (χ2v) is 4.79. The maximum Gasteiger partial charge on any atom is 0.0992 e. The molecule has 3 nitrogen and oxygen atoms in total. The summed E-state index contributed by atoms with van der Waals surface area (Å²) in [4.78, 5) is 1.28. The molecule has 0 fully saturated rings. The summed E-state index contributed by atoms with van der Waals surface area (Å²) in [6, 6.07) is 9.45. The molecule has 0 aliphatic heterocycles. The Bertz CT molecular complexity index is 566. The van der Waals surface area contributed by atoms with Crippen molar-refractivity contribution in [2.75, 3.05) is 11.1 Å². The van der Waals surface area contributed by atoms with Crippen molar-refractivity contribution in [3.63, 3.8) is 0 Å². The maximum atomic E-state index is 8.83. The molecule has 2 rings (SSSR count). The summed E-state index contributed by atoms with van der Waals surface area (Å²) in [5.41, 5.74) is 9.23. The van der Waals surface area contributed by atoms with Crippen LogP contribution in [0.15, 0.2) is 29.6 Å². The Kier molecular flexibility index (Phi) is 3.31. The zero-order valence-corrected chi connectivity index (χ0v) is 10.3. The van der Waals surface area contributed by atoms with Crippen molar-refractivity contribution >= 4 is 22.7 Å². The minimum absolute atomic E-state index is 0.615. The van der Waals surface area contributed by atoms with E-state index in [1.165, 1.54) is 10.4 Å². The van der Waals surface area contributed by atoms with Crippen LogP contribution in [0.2, 0.25) is 0 Å². The molecule has 0 aliphatic carbocycles. The predicted molar refractivity (Wildman–Crippen MR) is 72.0 cm³/mol. The van der Waals surface area contributed by atoms with Crippen LogP contribution in [0.4, 0.5) is 11.4 Å². The van der Waals surface area contributed by atoms with E-state index in [-0.39, 0.29) is 0 Å². The average Bonchev–Trinajstić information content (AvgIpc) is 2.74. The van der Waals surface area contributed by atoms with Crippen molar-refractivity contribution < 1.29 is 0 Å². The first-order valence-electron chi connectivity index (χ1n) is 5.27. The molecule has 0 saturated carbocycles. The van der Waals surface area contributed by atoms with Crippen LogP contribution in [0.25, 0.3) is 0 Å². The Morgan fingerprint density at radius 2 is 2.24 bits per heavy atom. The fraction of sp³-hybridized carbons (Fsp3) is 0.154. The van der Waals surface area contributed by atoms with Gasteiger partial charge in [-0.25, -0.2) is 0 Å². The molecule has 17 heavy (non-hydrogen) atoms. The van der Waals surface area contributed by atoms with E-state index in [4.69, 9.17) is 11.0 Å². The van der Waals surface area contributed by atoms with Crippen LogP contribution < -0.4 is 11.1 Å². The second kappa shape index (κ2) is 4.89. The highest BCUT2D eigenvalue weighted by Crippen LogP contribution is 2.22. The molecular weight excluding hydrogens is 230 g/mol. The molecule has 2 aromatic rings. The van der Waals surface area contributed by atoms with Gasteiger partial charge in [-0.1, -0.05) is 0 Å². The zero-order chi connectivity index (χ0) is 12.3. The van der Waals surface area contributed by atoms with Crippen LogP contribution in [0.5, 0.6) is 0 Å². The highest BCUT2D eigenvalue weighted by Gasteiger charge is 2.03. The average molecular weight is 243 g/mol. The summed E-state index contributed by atoms with van der Waals surface area (Å²) < 4.78 is 0. The molecule has 4 heteroatoms. The number of thiophene rings is 1. The van der Waals surface area contributed by atoms with Crippen LogP contribution >= 0.6 is 11.3 Å². The number of nitrogen functional groups attached to an aromatic ring is 1. The third-order valence-corrected chi connectivity index (χ3v) is 3.61. The molecule has 3 N–H and O–H groups in total. The Balaban J connectivity index is 2.14. The van der Waals surface area contributed by atoms with E-state index in [9.17, 15) is 0 Å². The highest BCUT2D eigenvalue weighted by atomic mass is 32.1. The molecule has 86 valence electrons. The number of anilines is 2. The third-order valence-electron chi connectivity index (χ3n) is 2.59. The lowest BCUT2D eigenvalue weighted by molar-refractivity contribution is 1.17. The van der Waals surface area contributed by atoms with Gasteiger partial charge in [-0.3, -0.25) is 0 Å². The number of nitrogens with one attached hydrogen (secondary N) is 1. The fourth-order valence-corrected chi connectivity index (χ4v) is 2.39. The Morgan fingerprint density at radius 1 is 1.41 bits per heavy atom. The van der Waals surface area contributed by atoms with Gasteiger partial charge in [0.05, 0.1) is 23.0 Å². The van der Waals surface area contributed by atoms with Gasteiger partial charge in [0.15, 0.2) is 0 Å². The van der Waals surface area contributed by atoms with Gasteiger partial charge in [-0.2, -0.15) is 5.26 Å². The standard InChI is InChI=1S/C13H13N3S/c1-9-4-5-17-13(9)8-16-12-6-10(7-14)2-3-11(12)15/h2-6,16H,8,15H2,1H3. The minimum Gasteiger partial charge on any atom is -0.397 e. The summed E-state index contributed by atoms with van der Waals surface area (Å²) in [7, 11) is 0. The van der Waals surface area contributed by atoms with Gasteiger partial charge in [0.1, 0.15) is 0 Å². The Labute approximate surface area is 105 Å². The summed E-state index contributed by atoms with van der Waals surface area (Å²) >= 11 is 1.72. The first kappa shape index (κ1) is 11.5. The Hall–Kier alpha value is -1.99. The van der Waals surface area contributed by atoms with Crippen molar-refractivity contribution in [3.05, 3.63) is 45.6 Å². The molecule has 0 saturated heterocycles. The van der Waals surface area contributed by atoms with E-state index in [1.54, 1.807) is 29.5 Å². The molecule has 0 aliphatic rings. The first-order valence-corrected chi connectivity index (χ1v) is 6.15. The number of nitriles is 1. The van der Waals surface area contributed by atoms with Crippen LogP contribution in [0.3, 0.4) is 0 Å². The first-order chi connectivity index (χ1) is 8.20. The van der Waals surface area contributed by atoms with Gasteiger partial charge < -0.3 is 11.1 Å². The smallest absolute Gasteiger partial charge is 0.0992 e. The third kappa shape index (κ3) is 2.58. The molecule has 0 radical (unpaired) electrons. The van der Waals surface area contributed by atoms with Crippen molar-refractivity contribution in [2.24, 2.45) is 0 Å². The van der Waals surface area contributed by atoms with Gasteiger partial charge in [0.25, 0.3) is 0 Å². The van der Waals surface area contributed by atoms with Crippen molar-refractivity contribution in [3.8, 4) is 6.07 Å². The number of rotatable bonds is 3. The number of nitrogens with zero attached hydrogens (tertiary/aromatic N) is 1. The number of hydrogen-bond acceptors (Lipinski definition) is 4. The van der Waals surface area contributed by atoms with Gasteiger partial charge in [-0.15, -0.1) is 11.3 Å². The summed E-state index contributed by atoms with van der Waals surface area (Å²) in [5.74, 6) is 0. The maximum absolute atomic E-state index is 8.83. The number of hydrogen-bond donors (Lipinski definition) is 2. The van der Waals surface area contributed by atoms with E-state index < -0.39 is 0 Å². The summed E-state index contributed by atoms with van der Waals surface area (Å²) in [5, 5.41) is 14.2. The lowest BCUT2D eigenvalue weighted by atomic mass is 10.2. The fourth-order valence-electron chi connectivity index (χ4n) is 1.54. The van der Waals surface area contributed by atoms with Crippen LogP contribution in [0, 0.1) is 18.3 Å². The summed E-state index contributed by atoms with van der Waals surface area (Å²) in [6.07, 6.45) is 0. The molecule has 0 spiro atoms. The number of nitrogens with two attached hydrogens (primary N) is 1. The molecule has 0 unspecified atom stereocenters. The van der Waals surface area contributed by atoms with E-state index in [1.807, 2.05) is 0 Å². The SMILES string of the molecule is Cc1ccsc1CNc1cc(C#N)ccc1N. The normalized spacial score (nSPS) is 9.88. The monoisotopic (exact) mass is 243 g/mol. The lowest BCUT2D eigenvalue weighted by Gasteiger charge is -2.09. The quantitative estimate of drug-likeness (QED) is 0.814. The highest BCUT2D eigenvalue weighted by molar-refractivity contribution is 7.10. The van der Waals surface area contributed by atoms with E-state index in [0.717, 1.165) is 12.2 Å². The number of benzene rings is 1. The predicted octanol–water partition coefficient (Wildman–Crippen LogP) is 3.12. The van der Waals surface area contributed by atoms with Gasteiger partial charge >= 0.3 is 0 Å². The largest absolute Gasteiger partial charge is 0.397 e. The molecule has 0 amide bonds. The van der Waals surface area contributed by atoms with Gasteiger partial charge in [0.2, 0.25) is 0 Å². The van der Waals surface area contributed by atoms with E-state index >= 15 is 0 Å². The molecule has 0 atom stereocenters. The van der Waals surface area contributed by atoms with Crippen molar-refractivity contribution in [1.82, 2.24) is 0 Å². The Morgan fingerprint density at radius 3 is 2.88 bits per heavy atom. The zero-order valence-electron chi connectivity index (χ0n) is 9.53. The van der Waals surface area contributed by atoms with E-state index in [0.29, 0.717) is 11.3 Å². The van der Waals surface area contributed by atoms with Crippen molar-refractivity contribution in [1.29, 1.82) is 5.26 Å². The van der Waals surface area contributed by atoms with Crippen LogP contribution in [0.1, 0.15) is 16.0 Å². The molecule has 1 heterocycles. The van der Waals surface area contributed by atoms with Crippen molar-refractivity contribution in [2.45, 2.75) is 13.5 Å². The second-order valence-electron chi connectivity index (χ2n) is 3.79. The molecule has 1 aromatic carbocycles. The van der Waals surface area contributed by atoms with Crippen LogP contribution in [-0.4, -0.2) is 0 Å².